The van der Waals surface area contributed by atoms with Crippen LogP contribution in [0.3, 0.4) is 0 Å². The molecule has 1 amide bonds. The van der Waals surface area contributed by atoms with E-state index in [1.54, 1.807) is 0 Å². The second kappa shape index (κ2) is 4.64. The molecule has 0 aromatic carbocycles. The third-order valence-corrected chi connectivity index (χ3v) is 2.49. The number of halogens is 1. The molecule has 0 fully saturated rings. The Bertz CT molecular complexity index is 251. The summed E-state index contributed by atoms with van der Waals surface area (Å²) in [6.45, 7) is 0. The molecule has 0 radical (unpaired) electrons. The molecule has 5 nitrogen and oxygen atoms in total. The van der Waals surface area contributed by atoms with Crippen LogP contribution < -0.4 is 10.9 Å². The Morgan fingerprint density at radius 3 is 2.33 bits per heavy atom. The summed E-state index contributed by atoms with van der Waals surface area (Å²) in [4.78, 5) is 10.4. The number of sulfonamides is 1. The van der Waals surface area contributed by atoms with E-state index < -0.39 is 21.3 Å². The third-order valence-electron chi connectivity index (χ3n) is 1.20. The van der Waals surface area contributed by atoms with Gasteiger partial charge in [-0.3, -0.25) is 4.79 Å². The van der Waals surface area contributed by atoms with Crippen molar-refractivity contribution in [1.82, 2.24) is 0 Å². The number of primary amides is 1. The number of carbonyl (C=O) groups excluding carboxylic acids is 1. The van der Waals surface area contributed by atoms with Crippen molar-refractivity contribution in [3.05, 3.63) is 0 Å². The van der Waals surface area contributed by atoms with Gasteiger partial charge in [0.15, 0.2) is 0 Å². The van der Waals surface area contributed by atoms with Crippen LogP contribution in [0.15, 0.2) is 0 Å². The van der Waals surface area contributed by atoms with Crippen molar-refractivity contribution < 1.29 is 13.2 Å². The number of hydrogen-bond acceptors (Lipinski definition) is 3. The quantitative estimate of drug-likeness (QED) is 0.583. The van der Waals surface area contributed by atoms with Crippen LogP contribution in [-0.4, -0.2) is 25.5 Å². The Balaban J connectivity index is 3.65. The lowest BCUT2D eigenvalue weighted by molar-refractivity contribution is -0.117. The lowest BCUT2D eigenvalue weighted by Crippen LogP contribution is -2.25. The fraction of sp³-hybridized carbons (Fsp3) is 0.800. The van der Waals surface area contributed by atoms with Gasteiger partial charge in [0.1, 0.15) is 5.38 Å². The van der Waals surface area contributed by atoms with E-state index in [0.29, 0.717) is 0 Å². The first kappa shape index (κ1) is 11.7. The first-order valence-corrected chi connectivity index (χ1v) is 5.42. The van der Waals surface area contributed by atoms with Crippen molar-refractivity contribution in [3.63, 3.8) is 0 Å². The van der Waals surface area contributed by atoms with Crippen LogP contribution in [0.4, 0.5) is 0 Å². The molecule has 0 aromatic heterocycles. The minimum absolute atomic E-state index is 0.177. The molecule has 1 atom stereocenters. The fourth-order valence-corrected chi connectivity index (χ4v) is 1.33. The Hall–Kier alpha value is -0.330. The Morgan fingerprint density at radius 2 is 2.00 bits per heavy atom. The van der Waals surface area contributed by atoms with E-state index in [0.717, 1.165) is 0 Å². The molecule has 1 unspecified atom stereocenters. The van der Waals surface area contributed by atoms with E-state index in [1.165, 1.54) is 0 Å². The summed E-state index contributed by atoms with van der Waals surface area (Å²) in [5.74, 6) is -0.824. The largest absolute Gasteiger partial charge is 0.368 e. The van der Waals surface area contributed by atoms with Crippen LogP contribution in [0.5, 0.6) is 0 Å². The van der Waals surface area contributed by atoms with E-state index in [-0.39, 0.29) is 18.6 Å². The van der Waals surface area contributed by atoms with E-state index in [9.17, 15) is 13.2 Å². The molecule has 0 spiro atoms. The molecule has 7 heteroatoms. The maximum Gasteiger partial charge on any atom is 0.235 e. The zero-order chi connectivity index (χ0) is 9.78. The van der Waals surface area contributed by atoms with Gasteiger partial charge in [-0.25, -0.2) is 13.6 Å². The SMILES string of the molecule is NC(=O)C(Cl)CCCS(N)(=O)=O. The van der Waals surface area contributed by atoms with Gasteiger partial charge < -0.3 is 5.73 Å². The van der Waals surface area contributed by atoms with Crippen molar-refractivity contribution in [1.29, 1.82) is 0 Å². The van der Waals surface area contributed by atoms with E-state index in [1.807, 2.05) is 0 Å². The second-order valence-corrected chi connectivity index (χ2v) is 4.64. The summed E-state index contributed by atoms with van der Waals surface area (Å²) >= 11 is 5.43. The maximum atomic E-state index is 10.4. The zero-order valence-electron chi connectivity index (χ0n) is 6.36. The van der Waals surface area contributed by atoms with Crippen molar-refractivity contribution in [3.8, 4) is 0 Å². The van der Waals surface area contributed by atoms with Crippen LogP contribution >= 0.6 is 11.6 Å². The first-order chi connectivity index (χ1) is 5.33. The standard InChI is InChI=1S/C5H11ClN2O3S/c6-4(5(7)9)2-1-3-12(8,10)11/h4H,1-3H2,(H2,7,9)(H2,8,10,11). The number of nitrogens with two attached hydrogens (primary N) is 2. The molecule has 0 aliphatic heterocycles. The second-order valence-electron chi connectivity index (χ2n) is 2.38. The maximum absolute atomic E-state index is 10.4. The van der Waals surface area contributed by atoms with Gasteiger partial charge >= 0.3 is 0 Å². The van der Waals surface area contributed by atoms with Crippen LogP contribution in [-0.2, 0) is 14.8 Å². The Labute approximate surface area is 76.1 Å². The lowest BCUT2D eigenvalue weighted by Gasteiger charge is -2.02. The number of amides is 1. The summed E-state index contributed by atoms with van der Waals surface area (Å²) in [5.41, 5.74) is 4.83. The van der Waals surface area contributed by atoms with Crippen LogP contribution in [0, 0.1) is 0 Å². The monoisotopic (exact) mass is 214 g/mol. The molecular weight excluding hydrogens is 204 g/mol. The summed E-state index contributed by atoms with van der Waals surface area (Å²) in [6, 6.07) is 0. The smallest absolute Gasteiger partial charge is 0.235 e. The lowest BCUT2D eigenvalue weighted by atomic mass is 10.2. The highest BCUT2D eigenvalue weighted by Crippen LogP contribution is 2.04. The summed E-state index contributed by atoms with van der Waals surface area (Å²) in [7, 11) is -3.46. The fourth-order valence-electron chi connectivity index (χ4n) is 0.606. The molecule has 12 heavy (non-hydrogen) atoms. The number of alkyl halides is 1. The summed E-state index contributed by atoms with van der Waals surface area (Å²) in [5, 5.41) is 3.90. The van der Waals surface area contributed by atoms with Crippen molar-refractivity contribution in [2.24, 2.45) is 10.9 Å². The highest BCUT2D eigenvalue weighted by atomic mass is 35.5. The van der Waals surface area contributed by atoms with Gasteiger partial charge in [0, 0.05) is 0 Å². The molecular formula is C5H11ClN2O3S. The molecule has 0 aliphatic rings. The van der Waals surface area contributed by atoms with Gasteiger partial charge in [0.2, 0.25) is 15.9 Å². The minimum atomic E-state index is -3.46. The molecule has 0 heterocycles. The highest BCUT2D eigenvalue weighted by molar-refractivity contribution is 7.89. The Kier molecular flexibility index (Phi) is 4.51. The first-order valence-electron chi connectivity index (χ1n) is 3.27. The summed E-state index contributed by atoms with van der Waals surface area (Å²) < 4.78 is 20.8. The van der Waals surface area contributed by atoms with Crippen LogP contribution in [0.1, 0.15) is 12.8 Å². The van der Waals surface area contributed by atoms with Crippen LogP contribution in [0.2, 0.25) is 0 Å². The van der Waals surface area contributed by atoms with E-state index in [2.05, 4.69) is 0 Å². The van der Waals surface area contributed by atoms with Gasteiger partial charge in [-0.2, -0.15) is 0 Å². The van der Waals surface area contributed by atoms with Crippen molar-refractivity contribution >= 4 is 27.5 Å². The number of rotatable bonds is 5. The van der Waals surface area contributed by atoms with Gasteiger partial charge in [-0.05, 0) is 12.8 Å². The molecule has 72 valence electrons. The predicted molar refractivity (Wildman–Crippen MR) is 46.0 cm³/mol. The molecule has 0 saturated heterocycles. The van der Waals surface area contributed by atoms with E-state index in [4.69, 9.17) is 22.5 Å². The molecule has 0 aromatic rings. The van der Waals surface area contributed by atoms with Gasteiger partial charge in [-0.15, -0.1) is 11.6 Å². The minimum Gasteiger partial charge on any atom is -0.368 e. The Morgan fingerprint density at radius 1 is 1.50 bits per heavy atom. The number of carbonyl (C=O) groups is 1. The van der Waals surface area contributed by atoms with Gasteiger partial charge in [0.05, 0.1) is 5.75 Å². The molecule has 0 aliphatic carbocycles. The third kappa shape index (κ3) is 6.38. The van der Waals surface area contributed by atoms with Crippen LogP contribution in [0.25, 0.3) is 0 Å². The predicted octanol–water partition coefficient (Wildman–Crippen LogP) is -0.852. The molecule has 0 bridgehead atoms. The molecule has 4 N–H and O–H groups in total. The normalized spacial score (nSPS) is 14.2. The van der Waals surface area contributed by atoms with Crippen molar-refractivity contribution in [2.45, 2.75) is 18.2 Å². The topological polar surface area (TPSA) is 103 Å². The number of primary sulfonamides is 1. The number of hydrogen-bond donors (Lipinski definition) is 2. The molecule has 0 rings (SSSR count). The van der Waals surface area contributed by atoms with Crippen molar-refractivity contribution in [2.75, 3.05) is 5.75 Å². The summed E-state index contributed by atoms with van der Waals surface area (Å²) in [6.07, 6.45) is 0.475. The zero-order valence-corrected chi connectivity index (χ0v) is 7.94. The molecule has 0 saturated carbocycles. The average molecular weight is 215 g/mol. The van der Waals surface area contributed by atoms with Gasteiger partial charge in [-0.1, -0.05) is 0 Å². The van der Waals surface area contributed by atoms with Gasteiger partial charge in [0.25, 0.3) is 0 Å². The highest BCUT2D eigenvalue weighted by Gasteiger charge is 2.12. The van der Waals surface area contributed by atoms with E-state index >= 15 is 0 Å². The average Bonchev–Trinajstić information content (AvgIpc) is 1.84.